The molecule has 0 aliphatic carbocycles. The van der Waals surface area contributed by atoms with E-state index in [-0.39, 0.29) is 6.42 Å². The van der Waals surface area contributed by atoms with E-state index in [9.17, 15) is 38.7 Å². The average Bonchev–Trinajstić information content (AvgIpc) is 2.94. The maximum atomic E-state index is 12.8. The van der Waals surface area contributed by atoms with Crippen molar-refractivity contribution in [1.82, 2.24) is 5.32 Å². The van der Waals surface area contributed by atoms with E-state index in [4.69, 9.17) is 14.0 Å². The van der Waals surface area contributed by atoms with Crippen molar-refractivity contribution in [1.29, 1.82) is 0 Å². The topological polar surface area (TPSA) is 212 Å². The number of nitrogens with one attached hydrogen (secondary N) is 1. The molecule has 1 rings (SSSR count). The molecule has 1 amide bonds. The molecule has 1 heterocycles. The number of ether oxygens (including phenoxy) is 2. The number of unbranched alkanes of at least 4 members (excludes halogenated alkanes) is 11. The molecule has 250 valence electrons. The first kappa shape index (κ1) is 39.1. The summed E-state index contributed by atoms with van der Waals surface area (Å²) in [5.41, 5.74) is 0. The minimum atomic E-state index is -5.08. The summed E-state index contributed by atoms with van der Waals surface area (Å²) in [6.45, 7) is 2.99. The molecule has 0 aromatic rings. The van der Waals surface area contributed by atoms with Gasteiger partial charge in [-0.3, -0.25) is 9.35 Å². The number of carbonyl (C=O) groups is 1. The Morgan fingerprint density at radius 3 is 1.93 bits per heavy atom. The molecule has 1 aliphatic rings. The number of carbonyl (C=O) groups excluding carboxylic acids is 1. The molecule has 1 saturated heterocycles. The van der Waals surface area contributed by atoms with Crippen LogP contribution in [0.3, 0.4) is 0 Å². The van der Waals surface area contributed by atoms with Gasteiger partial charge in [0.2, 0.25) is 5.91 Å². The summed E-state index contributed by atoms with van der Waals surface area (Å²) in [7, 11) is -5.08. The summed E-state index contributed by atoms with van der Waals surface area (Å²) in [6, 6.07) is -1.02. The third-order valence-corrected chi connectivity index (χ3v) is 7.99. The Labute approximate surface area is 250 Å². The zero-order valence-electron chi connectivity index (χ0n) is 25.2. The van der Waals surface area contributed by atoms with E-state index in [0.717, 1.165) is 32.1 Å². The van der Waals surface area contributed by atoms with Crippen molar-refractivity contribution < 1.29 is 57.0 Å². The Morgan fingerprint density at radius 2 is 1.38 bits per heavy atom. The van der Waals surface area contributed by atoms with Crippen molar-refractivity contribution >= 4 is 16.3 Å². The van der Waals surface area contributed by atoms with Gasteiger partial charge in [0.15, 0.2) is 6.29 Å². The number of rotatable bonds is 24. The fourth-order valence-electron chi connectivity index (χ4n) is 4.93. The highest BCUT2D eigenvalue weighted by Crippen LogP contribution is 2.26. The van der Waals surface area contributed by atoms with Gasteiger partial charge in [0.25, 0.3) is 0 Å². The third-order valence-electron chi connectivity index (χ3n) is 7.52. The molecular formula is C28H55NO12S. The van der Waals surface area contributed by atoms with E-state index >= 15 is 0 Å². The smallest absolute Gasteiger partial charge is 0.394 e. The highest BCUT2D eigenvalue weighted by atomic mass is 32.3. The van der Waals surface area contributed by atoms with Crippen LogP contribution >= 0.6 is 0 Å². The molecule has 0 aromatic carbocycles. The van der Waals surface area contributed by atoms with Gasteiger partial charge in [0.1, 0.15) is 30.5 Å². The molecule has 14 heteroatoms. The van der Waals surface area contributed by atoms with Gasteiger partial charge < -0.3 is 40.3 Å². The predicted octanol–water partition coefficient (Wildman–Crippen LogP) is 1.73. The van der Waals surface area contributed by atoms with Gasteiger partial charge >= 0.3 is 10.4 Å². The average molecular weight is 630 g/mol. The van der Waals surface area contributed by atoms with Gasteiger partial charge in [-0.15, -0.1) is 0 Å². The Balaban J connectivity index is 2.68. The lowest BCUT2D eigenvalue weighted by Gasteiger charge is -2.41. The largest absolute Gasteiger partial charge is 0.397 e. The molecule has 1 aliphatic heterocycles. The van der Waals surface area contributed by atoms with Crippen molar-refractivity contribution in [3.05, 3.63) is 0 Å². The highest BCUT2D eigenvalue weighted by molar-refractivity contribution is 7.80. The van der Waals surface area contributed by atoms with Crippen LogP contribution in [0.2, 0.25) is 0 Å². The molecule has 8 unspecified atom stereocenters. The molecule has 0 aromatic heterocycles. The van der Waals surface area contributed by atoms with Gasteiger partial charge in [-0.2, -0.15) is 8.42 Å². The molecular weight excluding hydrogens is 574 g/mol. The lowest BCUT2D eigenvalue weighted by molar-refractivity contribution is -0.298. The summed E-state index contributed by atoms with van der Waals surface area (Å²) in [6.07, 6.45) is 3.09. The number of hydrogen-bond donors (Lipinski definition) is 7. The number of hydrogen-bond acceptors (Lipinski definition) is 11. The number of amides is 1. The second-order valence-corrected chi connectivity index (χ2v) is 12.2. The summed E-state index contributed by atoms with van der Waals surface area (Å²) in [4.78, 5) is 12.8. The van der Waals surface area contributed by atoms with Crippen LogP contribution in [-0.4, -0.2) is 107 Å². The van der Waals surface area contributed by atoms with Crippen LogP contribution in [0.25, 0.3) is 0 Å². The van der Waals surface area contributed by atoms with Crippen LogP contribution < -0.4 is 5.32 Å². The SMILES string of the molecule is CCCCCCCCCCCCC(O)C(=O)NC(COC1OC(CO)C(O)C(OS(=O)(=O)O)C1O)C(O)CCCCC. The lowest BCUT2D eigenvalue weighted by atomic mass is 9.99. The van der Waals surface area contributed by atoms with Crippen molar-refractivity contribution in [3.63, 3.8) is 0 Å². The molecule has 7 N–H and O–H groups in total. The minimum Gasteiger partial charge on any atom is -0.394 e. The first-order valence-corrected chi connectivity index (χ1v) is 16.9. The van der Waals surface area contributed by atoms with Crippen molar-refractivity contribution in [2.45, 2.75) is 159 Å². The molecule has 8 atom stereocenters. The van der Waals surface area contributed by atoms with E-state index in [0.29, 0.717) is 19.3 Å². The predicted molar refractivity (Wildman–Crippen MR) is 155 cm³/mol. The van der Waals surface area contributed by atoms with Crippen LogP contribution in [0.4, 0.5) is 0 Å². The summed E-state index contributed by atoms with van der Waals surface area (Å²) >= 11 is 0. The van der Waals surface area contributed by atoms with Gasteiger partial charge in [0.05, 0.1) is 25.4 Å². The van der Waals surface area contributed by atoms with Crippen molar-refractivity contribution in [3.8, 4) is 0 Å². The normalized spacial score (nSPS) is 25.2. The molecule has 1 fully saturated rings. The van der Waals surface area contributed by atoms with E-state index in [2.05, 4.69) is 16.4 Å². The van der Waals surface area contributed by atoms with E-state index in [1.165, 1.54) is 38.5 Å². The summed E-state index contributed by atoms with van der Waals surface area (Å²) in [5.74, 6) is -0.685. The summed E-state index contributed by atoms with van der Waals surface area (Å²) in [5, 5.41) is 54.0. The third kappa shape index (κ3) is 15.7. The molecule has 42 heavy (non-hydrogen) atoms. The minimum absolute atomic E-state index is 0.261. The van der Waals surface area contributed by atoms with E-state index < -0.39 is 78.5 Å². The maximum absolute atomic E-state index is 12.8. The monoisotopic (exact) mass is 629 g/mol. The van der Waals surface area contributed by atoms with Crippen LogP contribution in [0, 0.1) is 0 Å². The van der Waals surface area contributed by atoms with Crippen LogP contribution in [0.15, 0.2) is 0 Å². The van der Waals surface area contributed by atoms with Crippen LogP contribution in [-0.2, 0) is 28.9 Å². The zero-order chi connectivity index (χ0) is 31.5. The number of aliphatic hydroxyl groups is 5. The number of aliphatic hydroxyl groups excluding tert-OH is 5. The molecule has 0 radical (unpaired) electrons. The standard InChI is InChI=1S/C28H55NO12S/c1-3-5-7-8-9-10-11-12-13-15-17-22(32)27(35)29-20(21(31)16-14-6-4-2)19-39-28-25(34)26(41-42(36,37)38)24(33)23(18-30)40-28/h20-26,28,30-34H,3-19H2,1-2H3,(H,29,35)(H,36,37,38). The molecule has 0 bridgehead atoms. The van der Waals surface area contributed by atoms with E-state index in [1.807, 2.05) is 6.92 Å². The summed E-state index contributed by atoms with van der Waals surface area (Å²) < 4.78 is 46.7. The Bertz CT molecular complexity index is 817. The lowest BCUT2D eigenvalue weighted by Crippen LogP contribution is -2.61. The maximum Gasteiger partial charge on any atom is 0.397 e. The molecule has 0 spiro atoms. The van der Waals surface area contributed by atoms with Crippen molar-refractivity contribution in [2.75, 3.05) is 13.2 Å². The van der Waals surface area contributed by atoms with Crippen molar-refractivity contribution in [2.24, 2.45) is 0 Å². The fourth-order valence-corrected chi connectivity index (χ4v) is 5.44. The Hall–Kier alpha value is -0.940. The highest BCUT2D eigenvalue weighted by Gasteiger charge is 2.48. The van der Waals surface area contributed by atoms with Gasteiger partial charge in [0, 0.05) is 0 Å². The fraction of sp³-hybridized carbons (Fsp3) is 0.964. The Morgan fingerprint density at radius 1 is 0.857 bits per heavy atom. The molecule has 13 nitrogen and oxygen atoms in total. The van der Waals surface area contributed by atoms with Gasteiger partial charge in [-0.1, -0.05) is 97.3 Å². The first-order valence-electron chi connectivity index (χ1n) is 15.5. The first-order chi connectivity index (χ1) is 19.9. The van der Waals surface area contributed by atoms with Gasteiger partial charge in [-0.25, -0.2) is 4.18 Å². The van der Waals surface area contributed by atoms with Crippen LogP contribution in [0.1, 0.15) is 110 Å². The van der Waals surface area contributed by atoms with Crippen LogP contribution in [0.5, 0.6) is 0 Å². The second kappa shape index (κ2) is 21.7. The Kier molecular flexibility index (Phi) is 20.2. The quantitative estimate of drug-likeness (QED) is 0.0601. The zero-order valence-corrected chi connectivity index (χ0v) is 26.0. The molecule has 0 saturated carbocycles. The van der Waals surface area contributed by atoms with Gasteiger partial charge in [-0.05, 0) is 12.8 Å². The second-order valence-electron chi connectivity index (χ2n) is 11.2. The van der Waals surface area contributed by atoms with E-state index in [1.54, 1.807) is 0 Å².